The van der Waals surface area contributed by atoms with E-state index in [4.69, 9.17) is 16.3 Å². The van der Waals surface area contributed by atoms with E-state index in [0.29, 0.717) is 0 Å². The van der Waals surface area contributed by atoms with Gasteiger partial charge in [0.15, 0.2) is 6.10 Å². The molecule has 1 atom stereocenters. The molecule has 8 heteroatoms. The maximum absolute atomic E-state index is 12.9. The summed E-state index contributed by atoms with van der Waals surface area (Å²) in [5.74, 6) is -1.92. The smallest absolute Gasteiger partial charge is 0.339 e. The van der Waals surface area contributed by atoms with Gasteiger partial charge < -0.3 is 4.74 Å². The van der Waals surface area contributed by atoms with Crippen molar-refractivity contribution in [2.75, 3.05) is 0 Å². The van der Waals surface area contributed by atoms with Crippen LogP contribution in [-0.2, 0) is 4.74 Å². The number of ketones is 1. The number of esters is 1. The van der Waals surface area contributed by atoms with Gasteiger partial charge in [-0.15, -0.1) is 0 Å². The molecule has 0 aliphatic heterocycles. The summed E-state index contributed by atoms with van der Waals surface area (Å²) in [5.41, 5.74) is -0.368. The summed E-state index contributed by atoms with van der Waals surface area (Å²) in [6.07, 6.45) is -1.14. The van der Waals surface area contributed by atoms with Gasteiger partial charge in [-0.2, -0.15) is 0 Å². The Morgan fingerprint density at radius 2 is 1.75 bits per heavy atom. The Morgan fingerprint density at radius 3 is 2.33 bits per heavy atom. The summed E-state index contributed by atoms with van der Waals surface area (Å²) in [4.78, 5) is 34.2. The lowest BCUT2D eigenvalue weighted by molar-refractivity contribution is -0.384. The van der Waals surface area contributed by atoms with Crippen LogP contribution in [0.3, 0.4) is 0 Å². The van der Waals surface area contributed by atoms with Crippen LogP contribution in [-0.4, -0.2) is 22.8 Å². The number of nitro benzene ring substituents is 1. The molecule has 0 amide bonds. The second kappa shape index (κ2) is 7.18. The molecule has 0 N–H and O–H groups in total. The number of hydrogen-bond acceptors (Lipinski definition) is 5. The van der Waals surface area contributed by atoms with Crippen molar-refractivity contribution < 1.29 is 23.6 Å². The SMILES string of the molecule is C[C@@H](OC(=O)c1ccc(Cl)c([N+](=O)[O-])c1)C(=O)c1ccc(F)cc1. The van der Waals surface area contributed by atoms with E-state index in [-0.39, 0.29) is 16.1 Å². The Labute approximate surface area is 141 Å². The quantitative estimate of drug-likeness (QED) is 0.354. The average molecular weight is 352 g/mol. The summed E-state index contributed by atoms with van der Waals surface area (Å²) < 4.78 is 17.9. The molecule has 0 fully saturated rings. The summed E-state index contributed by atoms with van der Waals surface area (Å²) in [6.45, 7) is 1.36. The lowest BCUT2D eigenvalue weighted by Gasteiger charge is -2.12. The summed E-state index contributed by atoms with van der Waals surface area (Å²) in [7, 11) is 0. The molecule has 0 heterocycles. The second-order valence-corrected chi connectivity index (χ2v) is 5.25. The summed E-state index contributed by atoms with van der Waals surface area (Å²) >= 11 is 5.67. The molecule has 0 saturated carbocycles. The number of ether oxygens (including phenoxy) is 1. The van der Waals surface area contributed by atoms with Gasteiger partial charge in [-0.25, -0.2) is 9.18 Å². The van der Waals surface area contributed by atoms with Gasteiger partial charge in [-0.05, 0) is 43.3 Å². The number of benzene rings is 2. The zero-order valence-electron chi connectivity index (χ0n) is 12.4. The van der Waals surface area contributed by atoms with Gasteiger partial charge in [0, 0.05) is 11.6 Å². The fraction of sp³-hybridized carbons (Fsp3) is 0.125. The first-order chi connectivity index (χ1) is 11.3. The van der Waals surface area contributed by atoms with Crippen LogP contribution in [0.2, 0.25) is 5.02 Å². The fourth-order valence-electron chi connectivity index (χ4n) is 1.91. The van der Waals surface area contributed by atoms with Gasteiger partial charge in [0.1, 0.15) is 10.8 Å². The first kappa shape index (κ1) is 17.6. The van der Waals surface area contributed by atoms with Crippen LogP contribution in [0.4, 0.5) is 10.1 Å². The van der Waals surface area contributed by atoms with Crippen molar-refractivity contribution in [1.29, 1.82) is 0 Å². The van der Waals surface area contributed by atoms with Crippen molar-refractivity contribution in [2.45, 2.75) is 13.0 Å². The number of Topliss-reactive ketones (excluding diaryl/α,β-unsaturated/α-hetero) is 1. The Bertz CT molecular complexity index is 807. The zero-order chi connectivity index (χ0) is 17.9. The molecule has 24 heavy (non-hydrogen) atoms. The monoisotopic (exact) mass is 351 g/mol. The highest BCUT2D eigenvalue weighted by Gasteiger charge is 2.22. The molecule has 2 rings (SSSR count). The predicted octanol–water partition coefficient (Wildman–Crippen LogP) is 3.82. The third kappa shape index (κ3) is 3.94. The standard InChI is InChI=1S/C16H11ClFNO5/c1-9(15(20)10-2-5-12(18)6-3-10)24-16(21)11-4-7-13(17)14(8-11)19(22)23/h2-9H,1H3/t9-/m1/s1. The molecule has 2 aromatic rings. The summed E-state index contributed by atoms with van der Waals surface area (Å²) in [5, 5.41) is 10.7. The van der Waals surface area contributed by atoms with Crippen LogP contribution in [0.1, 0.15) is 27.6 Å². The van der Waals surface area contributed by atoms with E-state index < -0.39 is 34.3 Å². The van der Waals surface area contributed by atoms with Crippen molar-refractivity contribution >= 4 is 29.0 Å². The van der Waals surface area contributed by atoms with E-state index in [2.05, 4.69) is 0 Å². The van der Waals surface area contributed by atoms with E-state index in [1.165, 1.54) is 31.2 Å². The topological polar surface area (TPSA) is 86.5 Å². The van der Waals surface area contributed by atoms with Crippen molar-refractivity contribution in [2.24, 2.45) is 0 Å². The lowest BCUT2D eigenvalue weighted by atomic mass is 10.1. The Morgan fingerprint density at radius 1 is 1.17 bits per heavy atom. The highest BCUT2D eigenvalue weighted by Crippen LogP contribution is 2.25. The molecular weight excluding hydrogens is 341 g/mol. The van der Waals surface area contributed by atoms with Crippen molar-refractivity contribution in [3.05, 3.63) is 74.5 Å². The number of rotatable bonds is 5. The molecule has 0 unspecified atom stereocenters. The predicted molar refractivity (Wildman–Crippen MR) is 83.7 cm³/mol. The molecular formula is C16H11ClFNO5. The minimum Gasteiger partial charge on any atom is -0.451 e. The molecule has 0 aromatic heterocycles. The maximum Gasteiger partial charge on any atom is 0.339 e. The van der Waals surface area contributed by atoms with Crippen LogP contribution >= 0.6 is 11.6 Å². The first-order valence-electron chi connectivity index (χ1n) is 6.74. The zero-order valence-corrected chi connectivity index (χ0v) is 13.1. The molecule has 0 spiro atoms. The Kier molecular flexibility index (Phi) is 5.25. The van der Waals surface area contributed by atoms with Gasteiger partial charge in [-0.3, -0.25) is 14.9 Å². The van der Waals surface area contributed by atoms with Gasteiger partial charge >= 0.3 is 5.97 Å². The fourth-order valence-corrected chi connectivity index (χ4v) is 2.10. The van der Waals surface area contributed by atoms with Crippen molar-refractivity contribution in [1.82, 2.24) is 0 Å². The third-order valence-electron chi connectivity index (χ3n) is 3.16. The number of halogens is 2. The van der Waals surface area contributed by atoms with Gasteiger partial charge in [-0.1, -0.05) is 11.6 Å². The lowest BCUT2D eigenvalue weighted by Crippen LogP contribution is -2.24. The van der Waals surface area contributed by atoms with Gasteiger partial charge in [0.25, 0.3) is 5.69 Å². The Hall–Kier alpha value is -2.80. The van der Waals surface area contributed by atoms with Crippen LogP contribution in [0.5, 0.6) is 0 Å². The molecule has 2 aromatic carbocycles. The van der Waals surface area contributed by atoms with E-state index in [0.717, 1.165) is 18.2 Å². The largest absolute Gasteiger partial charge is 0.451 e. The number of nitro groups is 1. The maximum atomic E-state index is 12.9. The van der Waals surface area contributed by atoms with Crippen LogP contribution < -0.4 is 0 Å². The summed E-state index contributed by atoms with van der Waals surface area (Å²) in [6, 6.07) is 8.20. The van der Waals surface area contributed by atoms with E-state index in [9.17, 15) is 24.1 Å². The molecule has 0 radical (unpaired) electrons. The van der Waals surface area contributed by atoms with Crippen LogP contribution in [0.15, 0.2) is 42.5 Å². The molecule has 0 aliphatic rings. The van der Waals surface area contributed by atoms with Crippen LogP contribution in [0.25, 0.3) is 0 Å². The van der Waals surface area contributed by atoms with Crippen molar-refractivity contribution in [3.8, 4) is 0 Å². The van der Waals surface area contributed by atoms with Crippen molar-refractivity contribution in [3.63, 3.8) is 0 Å². The van der Waals surface area contributed by atoms with Gasteiger partial charge in [0.05, 0.1) is 10.5 Å². The minimum absolute atomic E-state index is 0.107. The highest BCUT2D eigenvalue weighted by atomic mass is 35.5. The molecule has 0 saturated heterocycles. The third-order valence-corrected chi connectivity index (χ3v) is 3.48. The van der Waals surface area contributed by atoms with Crippen LogP contribution in [0, 0.1) is 15.9 Å². The van der Waals surface area contributed by atoms with E-state index >= 15 is 0 Å². The minimum atomic E-state index is -1.14. The van der Waals surface area contributed by atoms with E-state index in [1.54, 1.807) is 0 Å². The first-order valence-corrected chi connectivity index (χ1v) is 7.12. The molecule has 0 bridgehead atoms. The van der Waals surface area contributed by atoms with Gasteiger partial charge in [0.2, 0.25) is 5.78 Å². The molecule has 124 valence electrons. The van der Waals surface area contributed by atoms with E-state index in [1.807, 2.05) is 0 Å². The average Bonchev–Trinajstić information content (AvgIpc) is 2.54. The molecule has 6 nitrogen and oxygen atoms in total. The number of hydrogen-bond donors (Lipinski definition) is 0. The second-order valence-electron chi connectivity index (χ2n) is 4.84. The normalized spacial score (nSPS) is 11.6. The Balaban J connectivity index is 2.14. The number of carbonyl (C=O) groups excluding carboxylic acids is 2. The highest BCUT2D eigenvalue weighted by molar-refractivity contribution is 6.32. The number of carbonyl (C=O) groups is 2. The number of nitrogens with zero attached hydrogens (tertiary/aromatic N) is 1. The molecule has 0 aliphatic carbocycles.